The number of hydrogen-bond acceptors (Lipinski definition) is 5. The van der Waals surface area contributed by atoms with Crippen LogP contribution in [0.15, 0.2) is 47.4 Å². The van der Waals surface area contributed by atoms with Crippen LogP contribution in [0.4, 0.5) is 10.1 Å². The molecule has 0 bridgehead atoms. The van der Waals surface area contributed by atoms with Crippen LogP contribution in [-0.2, 0) is 19.6 Å². The zero-order valence-corrected chi connectivity index (χ0v) is 16.0. The molecule has 7 nitrogen and oxygen atoms in total. The number of carbonyl (C=O) groups is 2. The Morgan fingerprint density at radius 2 is 1.78 bits per heavy atom. The maximum atomic E-state index is 12.8. The van der Waals surface area contributed by atoms with Crippen LogP contribution in [-0.4, -0.2) is 45.3 Å². The molecule has 0 aliphatic heterocycles. The molecule has 0 spiro atoms. The predicted molar refractivity (Wildman–Crippen MR) is 97.6 cm³/mol. The van der Waals surface area contributed by atoms with Crippen molar-refractivity contribution in [3.05, 3.63) is 58.9 Å². The second-order valence-electron chi connectivity index (χ2n) is 5.56. The number of benzene rings is 2. The summed E-state index contributed by atoms with van der Waals surface area (Å²) >= 11 is 5.98. The molecule has 0 aliphatic rings. The number of halogens is 2. The third-order valence-electron chi connectivity index (χ3n) is 3.40. The lowest BCUT2D eigenvalue weighted by Gasteiger charge is -2.14. The average molecular weight is 415 g/mol. The van der Waals surface area contributed by atoms with Gasteiger partial charge in [-0.1, -0.05) is 11.6 Å². The van der Waals surface area contributed by atoms with Gasteiger partial charge in [0.25, 0.3) is 5.91 Å². The second kappa shape index (κ2) is 8.47. The van der Waals surface area contributed by atoms with E-state index in [1.807, 2.05) is 0 Å². The molecule has 2 rings (SSSR count). The Morgan fingerprint density at radius 1 is 1.15 bits per heavy atom. The highest BCUT2D eigenvalue weighted by Gasteiger charge is 2.19. The molecule has 144 valence electrons. The first-order valence-electron chi connectivity index (χ1n) is 7.56. The Morgan fingerprint density at radius 3 is 2.37 bits per heavy atom. The quantitative estimate of drug-likeness (QED) is 0.733. The van der Waals surface area contributed by atoms with Crippen molar-refractivity contribution in [1.29, 1.82) is 0 Å². The number of ether oxygens (including phenoxy) is 1. The van der Waals surface area contributed by atoms with E-state index in [0.29, 0.717) is 0 Å². The van der Waals surface area contributed by atoms with Gasteiger partial charge in [0.05, 0.1) is 21.2 Å². The van der Waals surface area contributed by atoms with Crippen LogP contribution in [0.25, 0.3) is 0 Å². The zero-order chi connectivity index (χ0) is 20.2. The van der Waals surface area contributed by atoms with Gasteiger partial charge in [0.2, 0.25) is 10.0 Å². The highest BCUT2D eigenvalue weighted by atomic mass is 35.5. The van der Waals surface area contributed by atoms with Gasteiger partial charge >= 0.3 is 5.97 Å². The van der Waals surface area contributed by atoms with Gasteiger partial charge in [0.15, 0.2) is 6.61 Å². The van der Waals surface area contributed by atoms with E-state index < -0.39 is 34.3 Å². The summed E-state index contributed by atoms with van der Waals surface area (Å²) in [5.74, 6) is -2.03. The van der Waals surface area contributed by atoms with Gasteiger partial charge in [-0.05, 0) is 42.5 Å². The summed E-state index contributed by atoms with van der Waals surface area (Å²) in [6.45, 7) is -0.628. The molecule has 0 radical (unpaired) electrons. The number of hydrogen-bond donors (Lipinski definition) is 1. The minimum atomic E-state index is -3.71. The summed E-state index contributed by atoms with van der Waals surface area (Å²) in [5, 5.41) is 2.50. The Hall–Kier alpha value is -2.49. The molecular weight excluding hydrogens is 399 g/mol. The molecular formula is C17H16ClFN2O5S. The molecule has 0 aromatic heterocycles. The molecule has 0 heterocycles. The van der Waals surface area contributed by atoms with Crippen LogP contribution in [0.5, 0.6) is 0 Å². The first-order chi connectivity index (χ1) is 12.6. The summed E-state index contributed by atoms with van der Waals surface area (Å²) in [7, 11) is -0.966. The number of nitrogens with zero attached hydrogens (tertiary/aromatic N) is 1. The number of carbonyl (C=O) groups excluding carboxylic acids is 2. The number of anilines is 1. The lowest BCUT2D eigenvalue weighted by Crippen LogP contribution is -2.23. The van der Waals surface area contributed by atoms with Crippen LogP contribution in [0.2, 0.25) is 5.02 Å². The number of amides is 1. The lowest BCUT2D eigenvalue weighted by molar-refractivity contribution is -0.119. The van der Waals surface area contributed by atoms with Crippen molar-refractivity contribution in [3.8, 4) is 0 Å². The standard InChI is InChI=1S/C17H16ClFN2O5S/c1-21(2)27(24,25)13-7-8-14(18)15(9-13)20-16(22)10-26-17(23)11-3-5-12(19)6-4-11/h3-9H,10H2,1-2H3,(H,20,22). The minimum absolute atomic E-state index is 0.0578. The predicted octanol–water partition coefficient (Wildman–Crippen LogP) is 2.52. The third kappa shape index (κ3) is 5.25. The van der Waals surface area contributed by atoms with Crippen molar-refractivity contribution in [1.82, 2.24) is 4.31 Å². The van der Waals surface area contributed by atoms with E-state index in [9.17, 15) is 22.4 Å². The first kappa shape index (κ1) is 20.8. The average Bonchev–Trinajstić information content (AvgIpc) is 2.61. The Balaban J connectivity index is 2.05. The normalized spacial score (nSPS) is 11.3. The lowest BCUT2D eigenvalue weighted by atomic mass is 10.2. The topological polar surface area (TPSA) is 92.8 Å². The Kier molecular flexibility index (Phi) is 6.53. The van der Waals surface area contributed by atoms with Crippen molar-refractivity contribution < 1.29 is 27.1 Å². The van der Waals surface area contributed by atoms with Gasteiger partial charge in [0, 0.05) is 14.1 Å². The molecule has 0 atom stereocenters. The molecule has 0 aliphatic carbocycles. The van der Waals surface area contributed by atoms with Crippen LogP contribution in [0.1, 0.15) is 10.4 Å². The highest BCUT2D eigenvalue weighted by molar-refractivity contribution is 7.89. The number of rotatable bonds is 6. The molecule has 27 heavy (non-hydrogen) atoms. The zero-order valence-electron chi connectivity index (χ0n) is 14.4. The molecule has 0 saturated carbocycles. The third-order valence-corrected chi connectivity index (χ3v) is 5.55. The Bertz CT molecular complexity index is 962. The summed E-state index contributed by atoms with van der Waals surface area (Å²) in [6, 6.07) is 8.47. The van der Waals surface area contributed by atoms with Crippen LogP contribution < -0.4 is 5.32 Å². The van der Waals surface area contributed by atoms with Gasteiger partial charge in [-0.2, -0.15) is 0 Å². The summed E-state index contributed by atoms with van der Waals surface area (Å²) in [5.41, 5.74) is 0.142. The highest BCUT2D eigenvalue weighted by Crippen LogP contribution is 2.26. The molecule has 0 fully saturated rings. The fraction of sp³-hybridized carbons (Fsp3) is 0.176. The second-order valence-corrected chi connectivity index (χ2v) is 8.12. The molecule has 10 heteroatoms. The van der Waals surface area contributed by atoms with E-state index in [2.05, 4.69) is 5.32 Å². The van der Waals surface area contributed by atoms with Crippen molar-refractivity contribution in [3.63, 3.8) is 0 Å². The first-order valence-corrected chi connectivity index (χ1v) is 9.37. The largest absolute Gasteiger partial charge is 0.452 e. The van der Waals surface area contributed by atoms with Gasteiger partial charge in [-0.15, -0.1) is 0 Å². The number of nitrogens with one attached hydrogen (secondary N) is 1. The fourth-order valence-corrected chi connectivity index (χ4v) is 3.05. The van der Waals surface area contributed by atoms with Gasteiger partial charge in [-0.3, -0.25) is 4.79 Å². The molecule has 0 unspecified atom stereocenters. The summed E-state index contributed by atoms with van der Waals surface area (Å²) < 4.78 is 43.0. The van der Waals surface area contributed by atoms with Crippen molar-refractivity contribution in [2.45, 2.75) is 4.90 Å². The molecule has 1 amide bonds. The van der Waals surface area contributed by atoms with Crippen LogP contribution in [0, 0.1) is 5.82 Å². The summed E-state index contributed by atoms with van der Waals surface area (Å²) in [4.78, 5) is 23.7. The molecule has 2 aromatic carbocycles. The SMILES string of the molecule is CN(C)S(=O)(=O)c1ccc(Cl)c(NC(=O)COC(=O)c2ccc(F)cc2)c1. The van der Waals surface area contributed by atoms with E-state index >= 15 is 0 Å². The van der Waals surface area contributed by atoms with E-state index in [-0.39, 0.29) is 21.2 Å². The van der Waals surface area contributed by atoms with Gasteiger partial charge < -0.3 is 10.1 Å². The minimum Gasteiger partial charge on any atom is -0.452 e. The molecule has 1 N–H and O–H groups in total. The smallest absolute Gasteiger partial charge is 0.338 e. The van der Waals surface area contributed by atoms with Crippen molar-refractivity contribution in [2.24, 2.45) is 0 Å². The van der Waals surface area contributed by atoms with Crippen LogP contribution in [0.3, 0.4) is 0 Å². The van der Waals surface area contributed by atoms with Crippen molar-refractivity contribution >= 4 is 39.2 Å². The maximum absolute atomic E-state index is 12.8. The monoisotopic (exact) mass is 414 g/mol. The number of esters is 1. The van der Waals surface area contributed by atoms with E-state index in [0.717, 1.165) is 16.4 Å². The number of sulfonamides is 1. The van der Waals surface area contributed by atoms with E-state index in [1.165, 1.54) is 44.4 Å². The molecule has 2 aromatic rings. The fourth-order valence-electron chi connectivity index (χ4n) is 1.96. The van der Waals surface area contributed by atoms with E-state index in [4.69, 9.17) is 16.3 Å². The van der Waals surface area contributed by atoms with Crippen LogP contribution >= 0.6 is 11.6 Å². The summed E-state index contributed by atoms with van der Waals surface area (Å²) in [6.07, 6.45) is 0. The van der Waals surface area contributed by atoms with Gasteiger partial charge in [-0.25, -0.2) is 21.9 Å². The van der Waals surface area contributed by atoms with Crippen molar-refractivity contribution in [2.75, 3.05) is 26.0 Å². The maximum Gasteiger partial charge on any atom is 0.338 e. The van der Waals surface area contributed by atoms with Gasteiger partial charge in [0.1, 0.15) is 5.82 Å². The Labute approximate surface area is 160 Å². The molecule has 0 saturated heterocycles. The van der Waals surface area contributed by atoms with E-state index in [1.54, 1.807) is 0 Å².